The summed E-state index contributed by atoms with van der Waals surface area (Å²) in [7, 11) is 2.06. The van der Waals surface area contributed by atoms with Crippen LogP contribution in [0, 0.1) is 0 Å². The SMILES string of the molecule is CC(N)C(c1ccccc1Br)N(C)CC1(O)CCCC1. The van der Waals surface area contributed by atoms with Crippen LogP contribution < -0.4 is 5.73 Å². The zero-order valence-corrected chi connectivity index (χ0v) is 13.9. The second-order valence-electron chi connectivity index (χ2n) is 6.17. The fourth-order valence-electron chi connectivity index (χ4n) is 3.39. The highest BCUT2D eigenvalue weighted by Crippen LogP contribution is 2.34. The van der Waals surface area contributed by atoms with E-state index in [-0.39, 0.29) is 12.1 Å². The van der Waals surface area contributed by atoms with Gasteiger partial charge in [-0.2, -0.15) is 0 Å². The minimum absolute atomic E-state index is 0.00343. The Bertz CT molecular complexity index is 444. The van der Waals surface area contributed by atoms with E-state index < -0.39 is 5.60 Å². The van der Waals surface area contributed by atoms with Crippen molar-refractivity contribution in [2.75, 3.05) is 13.6 Å². The van der Waals surface area contributed by atoms with E-state index >= 15 is 0 Å². The predicted octanol–water partition coefficient (Wildman–Crippen LogP) is 3.07. The van der Waals surface area contributed by atoms with Crippen molar-refractivity contribution in [3.63, 3.8) is 0 Å². The highest BCUT2D eigenvalue weighted by atomic mass is 79.9. The first-order valence-corrected chi connectivity index (χ1v) is 8.15. The van der Waals surface area contributed by atoms with Crippen molar-refractivity contribution in [2.24, 2.45) is 5.73 Å². The molecule has 0 spiro atoms. The molecule has 112 valence electrons. The Morgan fingerprint density at radius 2 is 1.95 bits per heavy atom. The summed E-state index contributed by atoms with van der Waals surface area (Å²) in [6, 6.07) is 8.30. The molecule has 2 atom stereocenters. The molecular formula is C16H25BrN2O. The summed E-state index contributed by atoms with van der Waals surface area (Å²) in [4.78, 5) is 2.20. The number of rotatable bonds is 5. The van der Waals surface area contributed by atoms with Gasteiger partial charge in [0, 0.05) is 17.1 Å². The molecule has 2 rings (SSSR count). The van der Waals surface area contributed by atoms with E-state index in [4.69, 9.17) is 5.73 Å². The van der Waals surface area contributed by atoms with Gasteiger partial charge in [-0.15, -0.1) is 0 Å². The molecule has 0 saturated heterocycles. The Morgan fingerprint density at radius 1 is 1.35 bits per heavy atom. The normalized spacial score (nSPS) is 21.1. The first-order chi connectivity index (χ1) is 9.43. The van der Waals surface area contributed by atoms with Crippen molar-refractivity contribution in [1.29, 1.82) is 0 Å². The summed E-state index contributed by atoms with van der Waals surface area (Å²) in [6.45, 7) is 2.71. The van der Waals surface area contributed by atoms with Gasteiger partial charge < -0.3 is 10.8 Å². The highest BCUT2D eigenvalue weighted by molar-refractivity contribution is 9.10. The van der Waals surface area contributed by atoms with Gasteiger partial charge >= 0.3 is 0 Å². The fourth-order valence-corrected chi connectivity index (χ4v) is 3.91. The summed E-state index contributed by atoms with van der Waals surface area (Å²) < 4.78 is 1.08. The zero-order chi connectivity index (χ0) is 14.8. The Labute approximate surface area is 130 Å². The van der Waals surface area contributed by atoms with Gasteiger partial charge in [-0.25, -0.2) is 0 Å². The summed E-state index contributed by atoms with van der Waals surface area (Å²) in [5.41, 5.74) is 6.86. The summed E-state index contributed by atoms with van der Waals surface area (Å²) >= 11 is 3.61. The first kappa shape index (κ1) is 16.0. The van der Waals surface area contributed by atoms with Crippen molar-refractivity contribution in [1.82, 2.24) is 4.90 Å². The van der Waals surface area contributed by atoms with Crippen molar-refractivity contribution in [3.05, 3.63) is 34.3 Å². The molecular weight excluding hydrogens is 316 g/mol. The number of nitrogens with two attached hydrogens (primary N) is 1. The third kappa shape index (κ3) is 3.61. The maximum absolute atomic E-state index is 10.6. The van der Waals surface area contributed by atoms with Crippen LogP contribution in [0.3, 0.4) is 0 Å². The maximum Gasteiger partial charge on any atom is 0.0774 e. The van der Waals surface area contributed by atoms with Gasteiger partial charge in [0.05, 0.1) is 11.6 Å². The van der Waals surface area contributed by atoms with Gasteiger partial charge in [-0.05, 0) is 38.4 Å². The van der Waals surface area contributed by atoms with Gasteiger partial charge in [0.25, 0.3) is 0 Å². The van der Waals surface area contributed by atoms with Crippen LogP contribution in [0.4, 0.5) is 0 Å². The van der Waals surface area contributed by atoms with E-state index in [1.165, 1.54) is 5.56 Å². The number of hydrogen-bond acceptors (Lipinski definition) is 3. The Balaban J connectivity index is 2.18. The quantitative estimate of drug-likeness (QED) is 0.865. The lowest BCUT2D eigenvalue weighted by atomic mass is 9.96. The summed E-state index contributed by atoms with van der Waals surface area (Å²) in [5.74, 6) is 0. The van der Waals surface area contributed by atoms with Crippen molar-refractivity contribution < 1.29 is 5.11 Å². The number of nitrogens with zero attached hydrogens (tertiary/aromatic N) is 1. The lowest BCUT2D eigenvalue weighted by Gasteiger charge is -2.37. The average Bonchev–Trinajstić information content (AvgIpc) is 2.78. The molecule has 1 aromatic rings. The standard InChI is InChI=1S/C16H25BrN2O/c1-12(18)15(13-7-3-4-8-14(13)17)19(2)11-16(20)9-5-6-10-16/h3-4,7-8,12,15,20H,5-6,9-11,18H2,1-2H3. The fraction of sp³-hybridized carbons (Fsp3) is 0.625. The second-order valence-corrected chi connectivity index (χ2v) is 7.03. The third-order valence-electron chi connectivity index (χ3n) is 4.27. The molecule has 1 aromatic carbocycles. The van der Waals surface area contributed by atoms with E-state index in [1.54, 1.807) is 0 Å². The molecule has 20 heavy (non-hydrogen) atoms. The summed E-state index contributed by atoms with van der Waals surface area (Å²) in [5, 5.41) is 10.6. The molecule has 3 nitrogen and oxygen atoms in total. The minimum atomic E-state index is -0.539. The Morgan fingerprint density at radius 3 is 2.50 bits per heavy atom. The molecule has 4 heteroatoms. The summed E-state index contributed by atoms with van der Waals surface area (Å²) in [6.07, 6.45) is 4.06. The molecule has 0 bridgehead atoms. The third-order valence-corrected chi connectivity index (χ3v) is 5.00. The molecule has 0 aromatic heterocycles. The van der Waals surface area contributed by atoms with E-state index in [0.717, 1.165) is 30.2 Å². The smallest absolute Gasteiger partial charge is 0.0774 e. The van der Waals surface area contributed by atoms with E-state index in [1.807, 2.05) is 25.1 Å². The van der Waals surface area contributed by atoms with Gasteiger partial charge in [0.1, 0.15) is 0 Å². The van der Waals surface area contributed by atoms with Crippen LogP contribution in [-0.2, 0) is 0 Å². The van der Waals surface area contributed by atoms with E-state index in [0.29, 0.717) is 6.54 Å². The zero-order valence-electron chi connectivity index (χ0n) is 12.3. The maximum atomic E-state index is 10.6. The van der Waals surface area contributed by atoms with Gasteiger partial charge in [0.2, 0.25) is 0 Å². The topological polar surface area (TPSA) is 49.5 Å². The monoisotopic (exact) mass is 340 g/mol. The van der Waals surface area contributed by atoms with Gasteiger partial charge in [-0.1, -0.05) is 47.0 Å². The van der Waals surface area contributed by atoms with Crippen molar-refractivity contribution in [2.45, 2.75) is 50.3 Å². The molecule has 1 aliphatic carbocycles. The van der Waals surface area contributed by atoms with Gasteiger partial charge in [0.15, 0.2) is 0 Å². The molecule has 0 heterocycles. The average molecular weight is 341 g/mol. The number of aliphatic hydroxyl groups is 1. The molecule has 0 aliphatic heterocycles. The number of benzene rings is 1. The largest absolute Gasteiger partial charge is 0.389 e. The molecule has 1 fully saturated rings. The van der Waals surface area contributed by atoms with E-state index in [9.17, 15) is 5.11 Å². The molecule has 0 radical (unpaired) electrons. The number of likely N-dealkylation sites (N-methyl/N-ethyl adjacent to an activating group) is 1. The molecule has 2 unspecified atom stereocenters. The van der Waals surface area contributed by atoms with E-state index in [2.05, 4.69) is 33.9 Å². The van der Waals surface area contributed by atoms with Crippen LogP contribution in [0.2, 0.25) is 0 Å². The molecule has 0 amide bonds. The van der Waals surface area contributed by atoms with Crippen molar-refractivity contribution >= 4 is 15.9 Å². The minimum Gasteiger partial charge on any atom is -0.389 e. The van der Waals surface area contributed by atoms with Crippen LogP contribution in [0.25, 0.3) is 0 Å². The van der Waals surface area contributed by atoms with Crippen LogP contribution in [0.1, 0.15) is 44.2 Å². The molecule has 3 N–H and O–H groups in total. The lowest BCUT2D eigenvalue weighted by molar-refractivity contribution is 0.00245. The molecule has 1 aliphatic rings. The predicted molar refractivity (Wildman–Crippen MR) is 86.6 cm³/mol. The number of hydrogen-bond donors (Lipinski definition) is 2. The number of halogens is 1. The Kier molecular flexibility index (Phi) is 5.24. The first-order valence-electron chi connectivity index (χ1n) is 7.35. The second kappa shape index (κ2) is 6.56. The lowest BCUT2D eigenvalue weighted by Crippen LogP contribution is -2.45. The van der Waals surface area contributed by atoms with Crippen LogP contribution in [-0.4, -0.2) is 35.2 Å². The van der Waals surface area contributed by atoms with Gasteiger partial charge in [-0.3, -0.25) is 4.90 Å². The molecule has 1 saturated carbocycles. The van der Waals surface area contributed by atoms with Crippen LogP contribution in [0.5, 0.6) is 0 Å². The Hall–Kier alpha value is -0.420. The van der Waals surface area contributed by atoms with Crippen LogP contribution >= 0.6 is 15.9 Å². The highest BCUT2D eigenvalue weighted by Gasteiger charge is 2.35. The van der Waals surface area contributed by atoms with Crippen LogP contribution in [0.15, 0.2) is 28.7 Å². The van der Waals surface area contributed by atoms with Crippen molar-refractivity contribution in [3.8, 4) is 0 Å².